The van der Waals surface area contributed by atoms with Crippen molar-refractivity contribution in [1.29, 1.82) is 0 Å². The second-order valence-electron chi connectivity index (χ2n) is 5.65. The van der Waals surface area contributed by atoms with Crippen LogP contribution in [0.5, 0.6) is 5.88 Å². The van der Waals surface area contributed by atoms with E-state index < -0.39 is 0 Å². The van der Waals surface area contributed by atoms with E-state index in [0.717, 1.165) is 36.8 Å². The number of amides is 1. The minimum Gasteiger partial charge on any atom is -0.493 e. The van der Waals surface area contributed by atoms with Gasteiger partial charge in [-0.15, -0.1) is 10.2 Å². The molecule has 0 unspecified atom stereocenters. The van der Waals surface area contributed by atoms with E-state index in [9.17, 15) is 9.90 Å². The van der Waals surface area contributed by atoms with E-state index in [4.69, 9.17) is 0 Å². The van der Waals surface area contributed by atoms with Crippen molar-refractivity contribution < 1.29 is 9.90 Å². The lowest BCUT2D eigenvalue weighted by Gasteiger charge is -2.16. The largest absolute Gasteiger partial charge is 0.493 e. The lowest BCUT2D eigenvalue weighted by atomic mass is 10.2. The van der Waals surface area contributed by atoms with Crippen molar-refractivity contribution >= 4 is 22.5 Å². The number of aromatic amines is 1. The van der Waals surface area contributed by atoms with E-state index in [1.54, 1.807) is 0 Å². The van der Waals surface area contributed by atoms with Crippen LogP contribution >= 0.6 is 0 Å². The third-order valence-electron chi connectivity index (χ3n) is 3.98. The number of carbonyl (C=O) groups is 1. The second kappa shape index (κ2) is 6.70. The summed E-state index contributed by atoms with van der Waals surface area (Å²) in [6, 6.07) is 7.39. The SMILES string of the molecule is O=C(CN1CCCCCC1)N=Nc1c(O)[nH]c2ccccc12. The molecule has 6 nitrogen and oxygen atoms in total. The van der Waals surface area contributed by atoms with Crippen molar-refractivity contribution in [2.45, 2.75) is 25.7 Å². The van der Waals surface area contributed by atoms with Crippen molar-refractivity contribution in [3.05, 3.63) is 24.3 Å². The van der Waals surface area contributed by atoms with Gasteiger partial charge in [0.2, 0.25) is 5.88 Å². The molecule has 1 aliphatic rings. The smallest absolute Gasteiger partial charge is 0.278 e. The number of nitrogens with zero attached hydrogens (tertiary/aromatic N) is 3. The standard InChI is InChI=1S/C16H20N4O2/c21-14(11-20-9-5-1-2-6-10-20)18-19-15-12-7-3-4-8-13(12)17-16(15)22/h3-4,7-8,17,22H,1-2,5-6,9-11H2. The molecule has 1 fully saturated rings. The van der Waals surface area contributed by atoms with Gasteiger partial charge >= 0.3 is 0 Å². The Morgan fingerprint density at radius 3 is 2.68 bits per heavy atom. The number of rotatable bonds is 3. The van der Waals surface area contributed by atoms with Gasteiger partial charge in [0.1, 0.15) is 0 Å². The van der Waals surface area contributed by atoms with Crippen molar-refractivity contribution in [1.82, 2.24) is 9.88 Å². The van der Waals surface area contributed by atoms with Crippen LogP contribution in [-0.2, 0) is 4.79 Å². The zero-order valence-corrected chi connectivity index (χ0v) is 12.5. The van der Waals surface area contributed by atoms with Gasteiger partial charge in [-0.3, -0.25) is 9.69 Å². The van der Waals surface area contributed by atoms with E-state index in [0.29, 0.717) is 12.2 Å². The number of benzene rings is 1. The second-order valence-corrected chi connectivity index (χ2v) is 5.65. The third-order valence-corrected chi connectivity index (χ3v) is 3.98. The van der Waals surface area contributed by atoms with Gasteiger partial charge in [0.25, 0.3) is 5.91 Å². The molecule has 22 heavy (non-hydrogen) atoms. The number of azo groups is 1. The third kappa shape index (κ3) is 3.33. The maximum Gasteiger partial charge on any atom is 0.278 e. The molecule has 0 radical (unpaired) electrons. The molecule has 6 heteroatoms. The number of aromatic nitrogens is 1. The van der Waals surface area contributed by atoms with Crippen molar-refractivity contribution in [2.75, 3.05) is 19.6 Å². The highest BCUT2D eigenvalue weighted by atomic mass is 16.3. The Morgan fingerprint density at radius 1 is 1.18 bits per heavy atom. The molecule has 0 saturated carbocycles. The van der Waals surface area contributed by atoms with Gasteiger partial charge in [-0.25, -0.2) is 0 Å². The first-order valence-electron chi connectivity index (χ1n) is 7.70. The number of H-pyrrole nitrogens is 1. The van der Waals surface area contributed by atoms with E-state index in [2.05, 4.69) is 20.1 Å². The Morgan fingerprint density at radius 2 is 1.91 bits per heavy atom. The molecule has 2 heterocycles. The van der Waals surface area contributed by atoms with Crippen LogP contribution < -0.4 is 0 Å². The predicted octanol–water partition coefficient (Wildman–Crippen LogP) is 3.36. The van der Waals surface area contributed by atoms with E-state index in [-0.39, 0.29) is 11.8 Å². The molecule has 0 atom stereocenters. The van der Waals surface area contributed by atoms with Crippen LogP contribution in [0.4, 0.5) is 5.69 Å². The topological polar surface area (TPSA) is 81.1 Å². The molecule has 1 aromatic carbocycles. The molecule has 2 aromatic rings. The molecular weight excluding hydrogens is 280 g/mol. The van der Waals surface area contributed by atoms with E-state index in [1.807, 2.05) is 24.3 Å². The zero-order chi connectivity index (χ0) is 15.4. The summed E-state index contributed by atoms with van der Waals surface area (Å²) in [5.41, 5.74) is 1.09. The monoisotopic (exact) mass is 300 g/mol. The van der Waals surface area contributed by atoms with Crippen LogP contribution in [0.2, 0.25) is 0 Å². The normalized spacial score (nSPS) is 17.1. The zero-order valence-electron chi connectivity index (χ0n) is 12.5. The van der Waals surface area contributed by atoms with Gasteiger partial charge in [-0.2, -0.15) is 0 Å². The number of hydrogen-bond donors (Lipinski definition) is 2. The molecule has 3 rings (SSSR count). The van der Waals surface area contributed by atoms with E-state index >= 15 is 0 Å². The Labute approximate surface area is 128 Å². The predicted molar refractivity (Wildman–Crippen MR) is 84.4 cm³/mol. The number of fused-ring (bicyclic) bond motifs is 1. The first-order valence-corrected chi connectivity index (χ1v) is 7.70. The summed E-state index contributed by atoms with van der Waals surface area (Å²) in [5, 5.41) is 18.3. The quantitative estimate of drug-likeness (QED) is 0.853. The maximum absolute atomic E-state index is 12.0. The Bertz CT molecular complexity index is 685. The molecular formula is C16H20N4O2. The number of likely N-dealkylation sites (tertiary alicyclic amines) is 1. The summed E-state index contributed by atoms with van der Waals surface area (Å²) in [6.07, 6.45) is 4.73. The fourth-order valence-electron chi connectivity index (χ4n) is 2.84. The summed E-state index contributed by atoms with van der Waals surface area (Å²) in [6.45, 7) is 2.19. The van der Waals surface area contributed by atoms with Gasteiger partial charge in [-0.05, 0) is 32.0 Å². The summed E-state index contributed by atoms with van der Waals surface area (Å²) >= 11 is 0. The van der Waals surface area contributed by atoms with Crippen LogP contribution in [0.15, 0.2) is 34.5 Å². The molecule has 0 spiro atoms. The molecule has 0 aliphatic carbocycles. The van der Waals surface area contributed by atoms with Crippen LogP contribution in [0.25, 0.3) is 10.9 Å². The molecule has 0 bridgehead atoms. The number of aromatic hydroxyl groups is 1. The van der Waals surface area contributed by atoms with Gasteiger partial charge < -0.3 is 10.1 Å². The average Bonchev–Trinajstić information content (AvgIpc) is 2.67. The number of carbonyl (C=O) groups excluding carboxylic acids is 1. The molecule has 1 amide bonds. The Hall–Kier alpha value is -2.21. The minimum atomic E-state index is -0.272. The highest BCUT2D eigenvalue weighted by molar-refractivity contribution is 5.94. The lowest BCUT2D eigenvalue weighted by Crippen LogP contribution is -2.29. The van der Waals surface area contributed by atoms with Crippen LogP contribution in [0.3, 0.4) is 0 Å². The molecule has 1 aromatic heterocycles. The Kier molecular flexibility index (Phi) is 4.48. The summed E-state index contributed by atoms with van der Waals surface area (Å²) in [5.74, 6) is -0.334. The van der Waals surface area contributed by atoms with Gasteiger partial charge in [0.15, 0.2) is 5.69 Å². The summed E-state index contributed by atoms with van der Waals surface area (Å²) < 4.78 is 0. The Balaban J connectivity index is 1.69. The highest BCUT2D eigenvalue weighted by Gasteiger charge is 2.14. The first-order chi connectivity index (χ1) is 10.7. The van der Waals surface area contributed by atoms with Crippen LogP contribution in [0.1, 0.15) is 25.7 Å². The van der Waals surface area contributed by atoms with Crippen molar-refractivity contribution in [3.63, 3.8) is 0 Å². The van der Waals surface area contributed by atoms with Gasteiger partial charge in [-0.1, -0.05) is 31.0 Å². The highest BCUT2D eigenvalue weighted by Crippen LogP contribution is 2.35. The molecule has 1 aliphatic heterocycles. The molecule has 1 saturated heterocycles. The average molecular weight is 300 g/mol. The maximum atomic E-state index is 12.0. The summed E-state index contributed by atoms with van der Waals surface area (Å²) in [4.78, 5) is 16.9. The molecule has 2 N–H and O–H groups in total. The number of para-hydroxylation sites is 1. The van der Waals surface area contributed by atoms with Gasteiger partial charge in [0, 0.05) is 5.39 Å². The van der Waals surface area contributed by atoms with Crippen molar-refractivity contribution in [2.24, 2.45) is 10.2 Å². The van der Waals surface area contributed by atoms with Crippen LogP contribution in [0, 0.1) is 0 Å². The fourth-order valence-corrected chi connectivity index (χ4v) is 2.84. The number of hydrogen-bond acceptors (Lipinski definition) is 4. The minimum absolute atomic E-state index is 0.0625. The lowest BCUT2D eigenvalue weighted by molar-refractivity contribution is -0.119. The van der Waals surface area contributed by atoms with Crippen molar-refractivity contribution in [3.8, 4) is 5.88 Å². The number of nitrogens with one attached hydrogen (secondary N) is 1. The first kappa shape index (κ1) is 14.7. The summed E-state index contributed by atoms with van der Waals surface area (Å²) in [7, 11) is 0. The fraction of sp³-hybridized carbons (Fsp3) is 0.438. The van der Waals surface area contributed by atoms with E-state index in [1.165, 1.54) is 12.8 Å². The van der Waals surface area contributed by atoms with Crippen LogP contribution in [-0.4, -0.2) is 40.5 Å². The van der Waals surface area contributed by atoms with Gasteiger partial charge in [0.05, 0.1) is 12.1 Å². The molecule has 116 valence electrons.